The van der Waals surface area contributed by atoms with Gasteiger partial charge in [-0.3, -0.25) is 24.7 Å². The molecule has 0 spiro atoms. The number of piperidine rings is 1. The fourth-order valence-electron chi connectivity index (χ4n) is 6.13. The third-order valence-electron chi connectivity index (χ3n) is 8.81. The first-order chi connectivity index (χ1) is 24.2. The van der Waals surface area contributed by atoms with Gasteiger partial charge in [-0.2, -0.15) is 0 Å². The van der Waals surface area contributed by atoms with Crippen LogP contribution in [-0.4, -0.2) is 84.1 Å². The molecule has 0 aliphatic carbocycles. The molecule has 5 aromatic rings. The smallest absolute Gasteiger partial charge is 0.255 e. The standard InChI is InChI=1S/C37H37N7O5S/c1-22-16-24(20-40-34(22)36-41-29-8-5-26(43(2)3)18-31(29)50-36)23-4-10-32(39-19-23)38-12-13-48-14-15-49-27-6-7-28-25(17-27)21-44(37(28)47)30-9-11-33(45)42-35(30)46/h4-8,10,16-20,30H,9,11-15,21H2,1-3H3,(H,38,39)(H,42,45,46). The zero-order chi connectivity index (χ0) is 34.8. The second kappa shape index (κ2) is 14.2. The normalized spacial score (nSPS) is 15.7. The second-order valence-electron chi connectivity index (χ2n) is 12.5. The molecule has 3 amide bonds. The van der Waals surface area contributed by atoms with Gasteiger partial charge in [-0.1, -0.05) is 0 Å². The number of benzene rings is 2. The van der Waals surface area contributed by atoms with Gasteiger partial charge in [-0.15, -0.1) is 11.3 Å². The van der Waals surface area contributed by atoms with Gasteiger partial charge in [0.05, 0.1) is 23.4 Å². The molecule has 2 N–H and O–H groups in total. The molecule has 3 aromatic heterocycles. The Balaban J connectivity index is 0.846. The van der Waals surface area contributed by atoms with Gasteiger partial charge in [-0.05, 0) is 79.1 Å². The predicted molar refractivity (Wildman–Crippen MR) is 192 cm³/mol. The van der Waals surface area contributed by atoms with Crippen LogP contribution in [0.2, 0.25) is 0 Å². The Morgan fingerprint density at radius 2 is 1.84 bits per heavy atom. The molecule has 0 bridgehead atoms. The maximum Gasteiger partial charge on any atom is 0.255 e. The lowest BCUT2D eigenvalue weighted by Gasteiger charge is -2.29. The summed E-state index contributed by atoms with van der Waals surface area (Å²) in [5.41, 5.74) is 7.39. The van der Waals surface area contributed by atoms with E-state index < -0.39 is 11.9 Å². The molecule has 2 aliphatic heterocycles. The van der Waals surface area contributed by atoms with Gasteiger partial charge < -0.3 is 24.6 Å². The molecule has 2 aromatic carbocycles. The van der Waals surface area contributed by atoms with Crippen LogP contribution in [-0.2, 0) is 20.9 Å². The van der Waals surface area contributed by atoms with Crippen molar-refractivity contribution in [1.82, 2.24) is 25.2 Å². The number of aromatic nitrogens is 3. The van der Waals surface area contributed by atoms with Crippen LogP contribution in [0.4, 0.5) is 11.5 Å². The maximum atomic E-state index is 12.9. The number of amides is 3. The number of hydrogen-bond donors (Lipinski definition) is 2. The van der Waals surface area contributed by atoms with Gasteiger partial charge in [0, 0.05) is 68.4 Å². The molecule has 12 nitrogen and oxygen atoms in total. The number of nitrogens with zero attached hydrogens (tertiary/aromatic N) is 5. The number of pyridine rings is 2. The summed E-state index contributed by atoms with van der Waals surface area (Å²) in [6, 6.07) is 17.0. The van der Waals surface area contributed by atoms with Crippen molar-refractivity contribution in [3.05, 3.63) is 83.7 Å². The van der Waals surface area contributed by atoms with Crippen LogP contribution in [0.5, 0.6) is 5.75 Å². The molecule has 1 unspecified atom stereocenters. The molecule has 0 radical (unpaired) electrons. The second-order valence-corrected chi connectivity index (χ2v) is 13.5. The van der Waals surface area contributed by atoms with E-state index in [9.17, 15) is 14.4 Å². The zero-order valence-electron chi connectivity index (χ0n) is 28.1. The van der Waals surface area contributed by atoms with E-state index in [4.69, 9.17) is 19.4 Å². The van der Waals surface area contributed by atoms with Crippen molar-refractivity contribution in [2.75, 3.05) is 50.7 Å². The number of imide groups is 1. The summed E-state index contributed by atoms with van der Waals surface area (Å²) in [4.78, 5) is 54.4. The molecule has 50 heavy (non-hydrogen) atoms. The summed E-state index contributed by atoms with van der Waals surface area (Å²) < 4.78 is 12.7. The van der Waals surface area contributed by atoms with Crippen LogP contribution in [0.25, 0.3) is 32.0 Å². The van der Waals surface area contributed by atoms with E-state index in [0.717, 1.165) is 54.7 Å². The number of carbonyl (C=O) groups excluding carboxylic acids is 3. The van der Waals surface area contributed by atoms with Gasteiger partial charge in [0.2, 0.25) is 11.8 Å². The zero-order valence-corrected chi connectivity index (χ0v) is 28.9. The summed E-state index contributed by atoms with van der Waals surface area (Å²) >= 11 is 1.65. The first-order valence-corrected chi connectivity index (χ1v) is 17.3. The minimum atomic E-state index is -0.639. The monoisotopic (exact) mass is 691 g/mol. The maximum absolute atomic E-state index is 12.9. The van der Waals surface area contributed by atoms with Gasteiger partial charge >= 0.3 is 0 Å². The summed E-state index contributed by atoms with van der Waals surface area (Å²) in [7, 11) is 4.07. The Labute approximate surface area is 293 Å². The number of hydrogen-bond acceptors (Lipinski definition) is 11. The van der Waals surface area contributed by atoms with E-state index >= 15 is 0 Å². The number of rotatable bonds is 12. The van der Waals surface area contributed by atoms with Crippen molar-refractivity contribution in [3.8, 4) is 27.6 Å². The van der Waals surface area contributed by atoms with Crippen molar-refractivity contribution in [2.45, 2.75) is 32.4 Å². The first kappa shape index (κ1) is 33.1. The van der Waals surface area contributed by atoms with Crippen molar-refractivity contribution in [3.63, 3.8) is 0 Å². The third kappa shape index (κ3) is 7.00. The minimum absolute atomic E-state index is 0.206. The molecule has 1 saturated heterocycles. The average Bonchev–Trinajstić information content (AvgIpc) is 3.68. The number of ether oxygens (including phenoxy) is 2. The van der Waals surface area contributed by atoms with Crippen molar-refractivity contribution < 1.29 is 23.9 Å². The SMILES string of the molecule is Cc1cc(-c2ccc(NCCOCCOc3ccc4c(c3)CN(C3CCC(=O)NC3=O)C4=O)nc2)cnc1-c1nc2ccc(N(C)C)cc2s1. The molecule has 2 aliphatic rings. The quantitative estimate of drug-likeness (QED) is 0.135. The number of thiazole rings is 1. The van der Waals surface area contributed by atoms with Gasteiger partial charge in [-0.25, -0.2) is 9.97 Å². The van der Waals surface area contributed by atoms with Crippen LogP contribution in [0.15, 0.2) is 67.0 Å². The van der Waals surface area contributed by atoms with Crippen LogP contribution in [0.3, 0.4) is 0 Å². The fraction of sp³-hybridized carbons (Fsp3) is 0.297. The Hall–Kier alpha value is -5.40. The van der Waals surface area contributed by atoms with E-state index in [0.29, 0.717) is 50.6 Å². The number of nitrogens with one attached hydrogen (secondary N) is 2. The van der Waals surface area contributed by atoms with Gasteiger partial charge in [0.15, 0.2) is 0 Å². The molecule has 13 heteroatoms. The van der Waals surface area contributed by atoms with Gasteiger partial charge in [0.1, 0.15) is 34.9 Å². The van der Waals surface area contributed by atoms with Crippen molar-refractivity contribution in [2.24, 2.45) is 0 Å². The van der Waals surface area contributed by atoms with Crippen LogP contribution in [0.1, 0.15) is 34.3 Å². The number of carbonyl (C=O) groups is 3. The fourth-order valence-corrected chi connectivity index (χ4v) is 7.19. The Bertz CT molecular complexity index is 2080. The van der Waals surface area contributed by atoms with E-state index in [1.165, 1.54) is 4.90 Å². The molecule has 5 heterocycles. The highest BCUT2D eigenvalue weighted by Crippen LogP contribution is 2.34. The van der Waals surface area contributed by atoms with Gasteiger partial charge in [0.25, 0.3) is 5.91 Å². The van der Waals surface area contributed by atoms with E-state index in [1.807, 2.05) is 44.7 Å². The number of fused-ring (bicyclic) bond motifs is 2. The summed E-state index contributed by atoms with van der Waals surface area (Å²) in [6.07, 6.45) is 4.26. The Morgan fingerprint density at radius 3 is 2.62 bits per heavy atom. The highest BCUT2D eigenvalue weighted by molar-refractivity contribution is 7.21. The molecular weight excluding hydrogens is 655 g/mol. The summed E-state index contributed by atoms with van der Waals surface area (Å²) in [5.74, 6) is 0.446. The van der Waals surface area contributed by atoms with E-state index in [2.05, 4.69) is 51.7 Å². The van der Waals surface area contributed by atoms with Crippen LogP contribution < -0.4 is 20.3 Å². The highest BCUT2D eigenvalue weighted by Gasteiger charge is 2.39. The number of anilines is 2. The topological polar surface area (TPSA) is 139 Å². The average molecular weight is 692 g/mol. The lowest BCUT2D eigenvalue weighted by Crippen LogP contribution is -2.52. The molecule has 7 rings (SSSR count). The molecule has 0 saturated carbocycles. The van der Waals surface area contributed by atoms with Crippen molar-refractivity contribution in [1.29, 1.82) is 0 Å². The lowest BCUT2D eigenvalue weighted by molar-refractivity contribution is -0.136. The molecule has 1 fully saturated rings. The van der Waals surface area contributed by atoms with Crippen LogP contribution in [0, 0.1) is 6.92 Å². The van der Waals surface area contributed by atoms with E-state index in [-0.39, 0.29) is 18.2 Å². The third-order valence-corrected chi connectivity index (χ3v) is 9.83. The lowest BCUT2D eigenvalue weighted by atomic mass is 10.0. The largest absolute Gasteiger partial charge is 0.491 e. The van der Waals surface area contributed by atoms with E-state index in [1.54, 1.807) is 23.5 Å². The Kier molecular flexibility index (Phi) is 9.42. The molecular formula is C37H37N7O5S. The minimum Gasteiger partial charge on any atom is -0.491 e. The van der Waals surface area contributed by atoms with Crippen LogP contribution >= 0.6 is 11.3 Å². The predicted octanol–water partition coefficient (Wildman–Crippen LogP) is 5.06. The summed E-state index contributed by atoms with van der Waals surface area (Å²) in [6.45, 7) is 4.16. The van der Waals surface area contributed by atoms with Crippen molar-refractivity contribution >= 4 is 50.8 Å². The number of aryl methyl sites for hydroxylation is 1. The Morgan fingerprint density at radius 1 is 0.980 bits per heavy atom. The first-order valence-electron chi connectivity index (χ1n) is 16.5. The highest BCUT2D eigenvalue weighted by atomic mass is 32.1. The molecule has 256 valence electrons. The summed E-state index contributed by atoms with van der Waals surface area (Å²) in [5, 5.41) is 6.51. The molecule has 1 atom stereocenters.